The molecule has 0 atom stereocenters. The van der Waals surface area contributed by atoms with E-state index in [-0.39, 0.29) is 37.4 Å². The lowest BCUT2D eigenvalue weighted by atomic mass is 10.1. The van der Waals surface area contributed by atoms with Gasteiger partial charge in [0.05, 0.1) is 20.8 Å². The van der Waals surface area contributed by atoms with Crippen LogP contribution in [0, 0.1) is 13.8 Å². The van der Waals surface area contributed by atoms with E-state index in [0.717, 1.165) is 21.7 Å². The minimum absolute atomic E-state index is 0.0597. The topological polar surface area (TPSA) is 78.5 Å². The molecule has 0 fully saturated rings. The molecule has 1 heterocycles. The number of aryl methyl sites for hydroxylation is 2. The maximum absolute atomic E-state index is 13.0. The van der Waals surface area contributed by atoms with Gasteiger partial charge >= 0.3 is 0 Å². The van der Waals surface area contributed by atoms with Gasteiger partial charge < -0.3 is 10.6 Å². The third-order valence-electron chi connectivity index (χ3n) is 5.30. The Morgan fingerprint density at radius 2 is 1.46 bits per heavy atom. The Balaban J connectivity index is 1.51. The largest absolute Gasteiger partial charge is 0.350 e. The van der Waals surface area contributed by atoms with Crippen molar-refractivity contribution < 1.29 is 14.4 Å². The van der Waals surface area contributed by atoms with Crippen LogP contribution in [0.2, 0.25) is 15.1 Å². The Hall–Kier alpha value is -3.03. The number of carbonyl (C=O) groups excluding carboxylic acids is 3. The van der Waals surface area contributed by atoms with Crippen molar-refractivity contribution in [2.75, 3.05) is 15.5 Å². The molecule has 6 nitrogen and oxygen atoms in total. The summed E-state index contributed by atoms with van der Waals surface area (Å²) in [4.78, 5) is 39.2. The van der Waals surface area contributed by atoms with Crippen LogP contribution in [-0.2, 0) is 9.59 Å². The quantitative estimate of drug-likeness (QED) is 0.267. The Bertz CT molecular complexity index is 1420. The van der Waals surface area contributed by atoms with Gasteiger partial charge in [0.15, 0.2) is 0 Å². The molecule has 2 N–H and O–H groups in total. The molecule has 35 heavy (non-hydrogen) atoms. The highest BCUT2D eigenvalue weighted by molar-refractivity contribution is 6.54. The smallest absolute Gasteiger partial charge is 0.283 e. The zero-order chi connectivity index (χ0) is 25.4. The highest BCUT2D eigenvalue weighted by Gasteiger charge is 2.40. The van der Waals surface area contributed by atoms with Crippen LogP contribution < -0.4 is 15.5 Å². The van der Waals surface area contributed by atoms with E-state index in [1.165, 1.54) is 12.1 Å². The minimum Gasteiger partial charge on any atom is -0.350 e. The first-order chi connectivity index (χ1) is 16.6. The summed E-state index contributed by atoms with van der Waals surface area (Å²) in [7, 11) is 0. The number of benzene rings is 3. The monoisotopic (exact) mass is 547 g/mol. The number of imide groups is 1. The lowest BCUT2D eigenvalue weighted by molar-refractivity contribution is -0.120. The molecule has 3 amide bonds. The molecular formula is C25H17Cl4N3O3. The van der Waals surface area contributed by atoms with E-state index >= 15 is 0 Å². The van der Waals surface area contributed by atoms with E-state index in [2.05, 4.69) is 10.6 Å². The molecule has 178 valence electrons. The van der Waals surface area contributed by atoms with E-state index in [1.54, 1.807) is 24.3 Å². The summed E-state index contributed by atoms with van der Waals surface area (Å²) >= 11 is 24.3. The lowest BCUT2D eigenvalue weighted by Gasteiger charge is -2.17. The molecule has 0 spiro atoms. The molecule has 0 aromatic heterocycles. The van der Waals surface area contributed by atoms with Crippen LogP contribution in [0.25, 0.3) is 0 Å². The van der Waals surface area contributed by atoms with Crippen molar-refractivity contribution >= 4 is 81.2 Å². The van der Waals surface area contributed by atoms with Crippen LogP contribution in [0.4, 0.5) is 17.1 Å². The number of amides is 3. The number of nitrogens with zero attached hydrogens (tertiary/aromatic N) is 1. The van der Waals surface area contributed by atoms with Gasteiger partial charge in [0.2, 0.25) is 0 Å². The molecule has 10 heteroatoms. The minimum atomic E-state index is -0.760. The third kappa shape index (κ3) is 5.02. The van der Waals surface area contributed by atoms with Gasteiger partial charge in [0, 0.05) is 16.9 Å². The number of hydrogen-bond donors (Lipinski definition) is 2. The van der Waals surface area contributed by atoms with E-state index in [0.29, 0.717) is 11.3 Å². The molecule has 0 unspecified atom stereocenters. The van der Waals surface area contributed by atoms with E-state index in [4.69, 9.17) is 46.4 Å². The molecule has 0 aliphatic carbocycles. The van der Waals surface area contributed by atoms with Crippen molar-refractivity contribution in [3.05, 3.63) is 97.1 Å². The summed E-state index contributed by atoms with van der Waals surface area (Å²) in [5.74, 6) is -1.76. The van der Waals surface area contributed by atoms with Gasteiger partial charge in [-0.25, -0.2) is 4.90 Å². The summed E-state index contributed by atoms with van der Waals surface area (Å²) in [6.07, 6.45) is 0. The molecule has 3 aromatic rings. The fourth-order valence-electron chi connectivity index (χ4n) is 3.51. The molecule has 3 aromatic carbocycles. The molecule has 1 aliphatic rings. The van der Waals surface area contributed by atoms with Crippen molar-refractivity contribution in [3.63, 3.8) is 0 Å². The molecule has 1 aliphatic heterocycles. The summed E-state index contributed by atoms with van der Waals surface area (Å²) in [6, 6.07) is 14.8. The summed E-state index contributed by atoms with van der Waals surface area (Å²) in [6.45, 7) is 3.90. The number of halogens is 4. The highest BCUT2D eigenvalue weighted by atomic mass is 35.5. The van der Waals surface area contributed by atoms with Gasteiger partial charge in [-0.2, -0.15) is 0 Å². The SMILES string of the molecule is Cc1ccc(NC(=O)c2ccc(NC3=C(Cl)C(=O)N(c4cc(Cl)c(Cl)cc4Cl)C3=O)cc2)c(C)c1. The Morgan fingerprint density at radius 3 is 2.11 bits per heavy atom. The second-order valence-corrected chi connectivity index (χ2v) is 9.43. The first kappa shape index (κ1) is 25.1. The van der Waals surface area contributed by atoms with Crippen molar-refractivity contribution in [3.8, 4) is 0 Å². The average Bonchev–Trinajstić information content (AvgIpc) is 3.01. The van der Waals surface area contributed by atoms with Gasteiger partial charge in [0.1, 0.15) is 10.7 Å². The average molecular weight is 549 g/mol. The summed E-state index contributed by atoms with van der Waals surface area (Å²) in [5.41, 5.74) is 3.56. The second-order valence-electron chi connectivity index (χ2n) is 7.83. The Morgan fingerprint density at radius 1 is 0.800 bits per heavy atom. The van der Waals surface area contributed by atoms with Crippen LogP contribution in [-0.4, -0.2) is 17.7 Å². The molecule has 0 saturated heterocycles. The van der Waals surface area contributed by atoms with Crippen molar-refractivity contribution in [2.24, 2.45) is 0 Å². The highest BCUT2D eigenvalue weighted by Crippen LogP contribution is 2.38. The predicted octanol–water partition coefficient (Wildman–Crippen LogP) is 6.95. The molecule has 4 rings (SSSR count). The zero-order valence-corrected chi connectivity index (χ0v) is 21.4. The van der Waals surface area contributed by atoms with Gasteiger partial charge in [-0.1, -0.05) is 64.1 Å². The summed E-state index contributed by atoms with van der Waals surface area (Å²) in [5, 5.41) is 5.78. The Labute approximate surface area is 221 Å². The van der Waals surface area contributed by atoms with E-state index < -0.39 is 11.8 Å². The first-order valence-electron chi connectivity index (χ1n) is 10.3. The van der Waals surface area contributed by atoms with Gasteiger partial charge in [-0.05, 0) is 61.9 Å². The van der Waals surface area contributed by atoms with Crippen molar-refractivity contribution in [2.45, 2.75) is 13.8 Å². The maximum atomic E-state index is 13.0. The van der Waals surface area contributed by atoms with Gasteiger partial charge in [0.25, 0.3) is 17.7 Å². The predicted molar refractivity (Wildman–Crippen MR) is 141 cm³/mol. The number of hydrogen-bond acceptors (Lipinski definition) is 4. The number of anilines is 3. The third-order valence-corrected chi connectivity index (χ3v) is 6.68. The van der Waals surface area contributed by atoms with E-state index in [1.807, 2.05) is 32.0 Å². The zero-order valence-electron chi connectivity index (χ0n) is 18.4. The summed E-state index contributed by atoms with van der Waals surface area (Å²) < 4.78 is 0. The van der Waals surface area contributed by atoms with Crippen molar-refractivity contribution in [1.29, 1.82) is 0 Å². The van der Waals surface area contributed by atoms with Crippen LogP contribution in [0.15, 0.2) is 65.3 Å². The standard InChI is InChI=1S/C25H17Cl4N3O3/c1-12-3-8-19(13(2)9-12)31-23(33)14-4-6-15(7-5-14)30-22-21(29)24(34)32(25(22)35)20-11-17(27)16(26)10-18(20)28/h3-11,30H,1-2H3,(H,31,33). The van der Waals surface area contributed by atoms with Gasteiger partial charge in [-0.15, -0.1) is 0 Å². The van der Waals surface area contributed by atoms with Gasteiger partial charge in [-0.3, -0.25) is 14.4 Å². The van der Waals surface area contributed by atoms with Crippen LogP contribution in [0.1, 0.15) is 21.5 Å². The van der Waals surface area contributed by atoms with Crippen LogP contribution >= 0.6 is 46.4 Å². The molecule has 0 bridgehead atoms. The number of rotatable bonds is 5. The maximum Gasteiger partial charge on any atom is 0.283 e. The molecule has 0 radical (unpaired) electrons. The molecular weight excluding hydrogens is 532 g/mol. The first-order valence-corrected chi connectivity index (χ1v) is 11.8. The molecule has 0 saturated carbocycles. The number of carbonyl (C=O) groups is 3. The number of nitrogens with one attached hydrogen (secondary N) is 2. The normalized spacial score (nSPS) is 13.5. The van der Waals surface area contributed by atoms with Crippen LogP contribution in [0.5, 0.6) is 0 Å². The second kappa shape index (κ2) is 9.91. The lowest BCUT2D eigenvalue weighted by Crippen LogP contribution is -2.32. The fourth-order valence-corrected chi connectivity index (χ4v) is 4.35. The van der Waals surface area contributed by atoms with E-state index in [9.17, 15) is 14.4 Å². The van der Waals surface area contributed by atoms with Crippen molar-refractivity contribution in [1.82, 2.24) is 0 Å². The fraction of sp³-hybridized carbons (Fsp3) is 0.0800. The Kier molecular flexibility index (Phi) is 7.10. The van der Waals surface area contributed by atoms with Crippen LogP contribution in [0.3, 0.4) is 0 Å².